The molecule has 1 amide bonds. The molecule has 19 heavy (non-hydrogen) atoms. The lowest BCUT2D eigenvalue weighted by Crippen LogP contribution is -2.43. The molecule has 0 spiro atoms. The van der Waals surface area contributed by atoms with Crippen LogP contribution >= 0.6 is 0 Å². The van der Waals surface area contributed by atoms with Gasteiger partial charge in [0.2, 0.25) is 0 Å². The molecule has 1 aliphatic rings. The first kappa shape index (κ1) is 13.6. The fraction of sp³-hybridized carbons (Fsp3) is 0.615. The number of carboxylic acid groups (broad SMARTS) is 1. The van der Waals surface area contributed by atoms with E-state index in [2.05, 4.69) is 5.10 Å². The van der Waals surface area contributed by atoms with Crippen LogP contribution in [0.4, 0.5) is 0 Å². The molecule has 104 valence electrons. The lowest BCUT2D eigenvalue weighted by molar-refractivity contribution is -0.137. The number of aryl methyl sites for hydroxylation is 1. The molecule has 0 aromatic carbocycles. The van der Waals surface area contributed by atoms with E-state index in [0.29, 0.717) is 18.5 Å². The number of hydrogen-bond acceptors (Lipinski definition) is 3. The van der Waals surface area contributed by atoms with Gasteiger partial charge in [-0.05, 0) is 25.7 Å². The Kier molecular flexibility index (Phi) is 4.19. The highest BCUT2D eigenvalue weighted by molar-refractivity contribution is 5.94. The summed E-state index contributed by atoms with van der Waals surface area (Å²) in [6.07, 6.45) is 6.83. The monoisotopic (exact) mass is 265 g/mol. The molecule has 0 radical (unpaired) electrons. The highest BCUT2D eigenvalue weighted by Crippen LogP contribution is 2.22. The Morgan fingerprint density at radius 1 is 1.47 bits per heavy atom. The number of rotatable bonds is 4. The summed E-state index contributed by atoms with van der Waals surface area (Å²) < 4.78 is 1.60. The second kappa shape index (κ2) is 5.86. The van der Waals surface area contributed by atoms with Gasteiger partial charge in [0, 0.05) is 32.3 Å². The molecule has 1 fully saturated rings. The maximum absolute atomic E-state index is 12.4. The predicted octanol–water partition coefficient (Wildman–Crippen LogP) is 1.28. The molecule has 0 saturated carbocycles. The van der Waals surface area contributed by atoms with Crippen molar-refractivity contribution in [3.63, 3.8) is 0 Å². The van der Waals surface area contributed by atoms with Crippen LogP contribution in [0, 0.1) is 0 Å². The number of likely N-dealkylation sites (tertiary alicyclic amines) is 1. The average molecular weight is 265 g/mol. The lowest BCUT2D eigenvalue weighted by Gasteiger charge is -2.35. The molecule has 1 N–H and O–H groups in total. The Hall–Kier alpha value is -1.85. The van der Waals surface area contributed by atoms with Crippen LogP contribution in [-0.2, 0) is 11.8 Å². The minimum absolute atomic E-state index is 0.0387. The zero-order valence-electron chi connectivity index (χ0n) is 11.1. The third-order valence-corrected chi connectivity index (χ3v) is 3.53. The second-order valence-corrected chi connectivity index (χ2v) is 4.98. The normalized spacial score (nSPS) is 19.4. The number of piperidine rings is 1. The summed E-state index contributed by atoms with van der Waals surface area (Å²) in [5, 5.41) is 12.8. The Morgan fingerprint density at radius 3 is 2.89 bits per heavy atom. The topological polar surface area (TPSA) is 75.4 Å². The van der Waals surface area contributed by atoms with Gasteiger partial charge in [-0.1, -0.05) is 0 Å². The van der Waals surface area contributed by atoms with Crippen LogP contribution in [0.5, 0.6) is 0 Å². The molecule has 0 aliphatic carbocycles. The highest BCUT2D eigenvalue weighted by atomic mass is 16.4. The van der Waals surface area contributed by atoms with E-state index >= 15 is 0 Å². The molecule has 2 rings (SSSR count). The molecule has 6 nitrogen and oxygen atoms in total. The standard InChI is InChI=1S/C13H19N3O3/c1-15-9-10(8-14-15)13(19)16-7-3-2-4-11(16)5-6-12(17)18/h8-9,11H,2-7H2,1H3,(H,17,18). The predicted molar refractivity (Wildman–Crippen MR) is 68.8 cm³/mol. The number of nitrogens with zero attached hydrogens (tertiary/aromatic N) is 3. The molecule has 1 saturated heterocycles. The summed E-state index contributed by atoms with van der Waals surface area (Å²) in [5.74, 6) is -0.845. The van der Waals surface area contributed by atoms with Crippen LogP contribution in [0.2, 0.25) is 0 Å². The maximum atomic E-state index is 12.4. The van der Waals surface area contributed by atoms with Gasteiger partial charge in [0.05, 0.1) is 11.8 Å². The minimum atomic E-state index is -0.806. The van der Waals surface area contributed by atoms with Crippen molar-refractivity contribution in [3.8, 4) is 0 Å². The Bertz CT molecular complexity index is 469. The molecule has 1 aromatic rings. The van der Waals surface area contributed by atoms with Crippen LogP contribution in [0.15, 0.2) is 12.4 Å². The van der Waals surface area contributed by atoms with Gasteiger partial charge >= 0.3 is 5.97 Å². The fourth-order valence-electron chi connectivity index (χ4n) is 2.56. The van der Waals surface area contributed by atoms with Crippen LogP contribution in [-0.4, -0.2) is 44.3 Å². The van der Waals surface area contributed by atoms with E-state index in [1.54, 1.807) is 24.1 Å². The van der Waals surface area contributed by atoms with Gasteiger partial charge in [0.1, 0.15) is 0 Å². The summed E-state index contributed by atoms with van der Waals surface area (Å²) in [4.78, 5) is 24.9. The number of carboxylic acids is 1. The largest absolute Gasteiger partial charge is 0.481 e. The summed E-state index contributed by atoms with van der Waals surface area (Å²) in [5.41, 5.74) is 0.574. The van der Waals surface area contributed by atoms with E-state index in [4.69, 9.17) is 5.11 Å². The van der Waals surface area contributed by atoms with Crippen molar-refractivity contribution in [2.75, 3.05) is 6.54 Å². The number of amides is 1. The Balaban J connectivity index is 2.06. The first-order chi connectivity index (χ1) is 9.08. The average Bonchev–Trinajstić information content (AvgIpc) is 2.82. The van der Waals surface area contributed by atoms with Gasteiger partial charge in [-0.15, -0.1) is 0 Å². The molecule has 1 atom stereocenters. The van der Waals surface area contributed by atoms with E-state index < -0.39 is 5.97 Å². The molecule has 0 bridgehead atoms. The summed E-state index contributed by atoms with van der Waals surface area (Å²) in [6.45, 7) is 0.706. The van der Waals surface area contributed by atoms with E-state index in [1.807, 2.05) is 4.90 Å². The third-order valence-electron chi connectivity index (χ3n) is 3.53. The molecule has 2 heterocycles. The van der Waals surface area contributed by atoms with Crippen molar-refractivity contribution in [1.29, 1.82) is 0 Å². The Morgan fingerprint density at radius 2 is 2.26 bits per heavy atom. The number of carbonyl (C=O) groups excluding carboxylic acids is 1. The van der Waals surface area contributed by atoms with Crippen molar-refractivity contribution >= 4 is 11.9 Å². The number of aliphatic carboxylic acids is 1. The fourth-order valence-corrected chi connectivity index (χ4v) is 2.56. The van der Waals surface area contributed by atoms with Gasteiger partial charge < -0.3 is 10.0 Å². The van der Waals surface area contributed by atoms with E-state index in [0.717, 1.165) is 19.3 Å². The van der Waals surface area contributed by atoms with Crippen molar-refractivity contribution in [2.45, 2.75) is 38.1 Å². The number of aromatic nitrogens is 2. The molecule has 6 heteroatoms. The smallest absolute Gasteiger partial charge is 0.303 e. The van der Waals surface area contributed by atoms with Crippen LogP contribution in [0.1, 0.15) is 42.5 Å². The molecule has 1 unspecified atom stereocenters. The molecular formula is C13H19N3O3. The van der Waals surface area contributed by atoms with Crippen LogP contribution < -0.4 is 0 Å². The van der Waals surface area contributed by atoms with Gasteiger partial charge in [-0.25, -0.2) is 0 Å². The number of carbonyl (C=O) groups is 2. The maximum Gasteiger partial charge on any atom is 0.303 e. The van der Waals surface area contributed by atoms with Gasteiger partial charge in [-0.2, -0.15) is 5.10 Å². The molecular weight excluding hydrogens is 246 g/mol. The third kappa shape index (κ3) is 3.33. The summed E-state index contributed by atoms with van der Waals surface area (Å²) >= 11 is 0. The zero-order valence-corrected chi connectivity index (χ0v) is 11.1. The SMILES string of the molecule is Cn1cc(C(=O)N2CCCCC2CCC(=O)O)cn1. The van der Waals surface area contributed by atoms with E-state index in [9.17, 15) is 9.59 Å². The number of hydrogen-bond donors (Lipinski definition) is 1. The van der Waals surface area contributed by atoms with Crippen molar-refractivity contribution in [2.24, 2.45) is 7.05 Å². The first-order valence-corrected chi connectivity index (χ1v) is 6.59. The van der Waals surface area contributed by atoms with E-state index in [-0.39, 0.29) is 18.4 Å². The first-order valence-electron chi connectivity index (χ1n) is 6.59. The lowest BCUT2D eigenvalue weighted by atomic mass is 9.97. The van der Waals surface area contributed by atoms with Crippen molar-refractivity contribution in [3.05, 3.63) is 18.0 Å². The summed E-state index contributed by atoms with van der Waals surface area (Å²) in [6, 6.07) is 0.0394. The molecule has 1 aliphatic heterocycles. The Labute approximate surface area is 112 Å². The van der Waals surface area contributed by atoms with Crippen molar-refractivity contribution in [1.82, 2.24) is 14.7 Å². The van der Waals surface area contributed by atoms with Gasteiger partial charge in [0.15, 0.2) is 0 Å². The van der Waals surface area contributed by atoms with Crippen molar-refractivity contribution < 1.29 is 14.7 Å². The van der Waals surface area contributed by atoms with E-state index in [1.165, 1.54) is 0 Å². The second-order valence-electron chi connectivity index (χ2n) is 4.98. The molecule has 1 aromatic heterocycles. The van der Waals surface area contributed by atoms with Crippen LogP contribution in [0.3, 0.4) is 0 Å². The quantitative estimate of drug-likeness (QED) is 0.889. The zero-order chi connectivity index (χ0) is 13.8. The highest BCUT2D eigenvalue weighted by Gasteiger charge is 2.28. The van der Waals surface area contributed by atoms with Crippen LogP contribution in [0.25, 0.3) is 0 Å². The summed E-state index contributed by atoms with van der Waals surface area (Å²) in [7, 11) is 1.77. The minimum Gasteiger partial charge on any atom is -0.481 e. The van der Waals surface area contributed by atoms with Gasteiger partial charge in [-0.3, -0.25) is 14.3 Å². The van der Waals surface area contributed by atoms with Gasteiger partial charge in [0.25, 0.3) is 5.91 Å².